The number of piperidine rings is 1. The van der Waals surface area contributed by atoms with Crippen molar-refractivity contribution in [3.8, 4) is 0 Å². The summed E-state index contributed by atoms with van der Waals surface area (Å²) < 4.78 is 13.6. The van der Waals surface area contributed by atoms with Crippen LogP contribution in [0.25, 0.3) is 0 Å². The monoisotopic (exact) mass is 264 g/mol. The van der Waals surface area contributed by atoms with Crippen LogP contribution >= 0.6 is 0 Å². The van der Waals surface area contributed by atoms with Gasteiger partial charge in [0.25, 0.3) is 0 Å². The van der Waals surface area contributed by atoms with E-state index in [1.165, 1.54) is 6.07 Å². The molecule has 1 aliphatic heterocycles. The molecule has 1 aromatic rings. The molecule has 1 amide bonds. The van der Waals surface area contributed by atoms with Crippen molar-refractivity contribution in [3.63, 3.8) is 0 Å². The summed E-state index contributed by atoms with van der Waals surface area (Å²) in [6, 6.07) is 5.02. The highest BCUT2D eigenvalue weighted by molar-refractivity contribution is 5.83. The predicted octanol–water partition coefficient (Wildman–Crippen LogP) is 2.41. The summed E-state index contributed by atoms with van der Waals surface area (Å²) in [5.74, 6) is -0.0961. The van der Waals surface area contributed by atoms with Gasteiger partial charge in [-0.25, -0.2) is 4.39 Å². The fourth-order valence-electron chi connectivity index (χ4n) is 2.60. The Hall–Kier alpha value is -1.42. The number of rotatable bonds is 3. The molecular weight excluding hydrogens is 243 g/mol. The topological polar surface area (TPSA) is 32.3 Å². The fraction of sp³-hybridized carbons (Fsp3) is 0.533. The smallest absolute Gasteiger partial charge is 0.240 e. The summed E-state index contributed by atoms with van der Waals surface area (Å²) >= 11 is 0. The maximum Gasteiger partial charge on any atom is 0.240 e. The molecule has 4 heteroatoms. The minimum absolute atomic E-state index is 0.0845. The minimum Gasteiger partial charge on any atom is -0.335 e. The number of hydrogen-bond donors (Lipinski definition) is 1. The number of carbonyl (C=O) groups is 1. The SMILES string of the molecule is CNC1CCCN(C(C)c2ccc(C)c(F)c2)C1=O. The first-order valence-electron chi connectivity index (χ1n) is 6.78. The van der Waals surface area contributed by atoms with Crippen LogP contribution in [-0.2, 0) is 4.79 Å². The molecule has 0 spiro atoms. The number of amides is 1. The first-order chi connectivity index (χ1) is 9.04. The third-order valence-corrected chi connectivity index (χ3v) is 3.97. The number of aryl methyl sites for hydroxylation is 1. The lowest BCUT2D eigenvalue weighted by atomic mass is 9.99. The molecule has 19 heavy (non-hydrogen) atoms. The minimum atomic E-state index is -0.209. The molecular formula is C15H21FN2O. The maximum atomic E-state index is 13.6. The van der Waals surface area contributed by atoms with Gasteiger partial charge < -0.3 is 10.2 Å². The van der Waals surface area contributed by atoms with Crippen LogP contribution in [0.15, 0.2) is 18.2 Å². The number of benzene rings is 1. The molecule has 1 N–H and O–H groups in total. The lowest BCUT2D eigenvalue weighted by Gasteiger charge is -2.36. The Labute approximate surface area is 113 Å². The van der Waals surface area contributed by atoms with Crippen LogP contribution in [-0.4, -0.2) is 30.4 Å². The molecule has 0 bridgehead atoms. The van der Waals surface area contributed by atoms with Gasteiger partial charge in [0.1, 0.15) is 5.82 Å². The lowest BCUT2D eigenvalue weighted by Crippen LogP contribution is -2.50. The van der Waals surface area contributed by atoms with Crippen molar-refractivity contribution in [2.75, 3.05) is 13.6 Å². The summed E-state index contributed by atoms with van der Waals surface area (Å²) in [5, 5.41) is 3.05. The zero-order chi connectivity index (χ0) is 14.0. The quantitative estimate of drug-likeness (QED) is 0.909. The van der Waals surface area contributed by atoms with Crippen LogP contribution in [0.3, 0.4) is 0 Å². The predicted molar refractivity (Wildman–Crippen MR) is 73.3 cm³/mol. The number of carbonyl (C=O) groups excluding carboxylic acids is 1. The van der Waals surface area contributed by atoms with Crippen molar-refractivity contribution in [2.24, 2.45) is 0 Å². The lowest BCUT2D eigenvalue weighted by molar-refractivity contribution is -0.138. The Bertz CT molecular complexity index is 475. The Kier molecular flexibility index (Phi) is 4.20. The average Bonchev–Trinajstić information content (AvgIpc) is 2.41. The molecule has 2 atom stereocenters. The van der Waals surface area contributed by atoms with E-state index in [9.17, 15) is 9.18 Å². The van der Waals surface area contributed by atoms with E-state index in [1.807, 2.05) is 24.9 Å². The summed E-state index contributed by atoms with van der Waals surface area (Å²) in [4.78, 5) is 14.1. The molecule has 2 unspecified atom stereocenters. The van der Waals surface area contributed by atoms with E-state index in [2.05, 4.69) is 5.32 Å². The van der Waals surface area contributed by atoms with E-state index in [1.54, 1.807) is 13.0 Å². The van der Waals surface area contributed by atoms with Crippen LogP contribution in [0.5, 0.6) is 0 Å². The molecule has 3 nitrogen and oxygen atoms in total. The van der Waals surface area contributed by atoms with Gasteiger partial charge in [0, 0.05) is 6.54 Å². The van der Waals surface area contributed by atoms with Crippen molar-refractivity contribution in [1.29, 1.82) is 0 Å². The number of likely N-dealkylation sites (tertiary alicyclic amines) is 1. The molecule has 0 aliphatic carbocycles. The molecule has 1 heterocycles. The summed E-state index contributed by atoms with van der Waals surface area (Å²) in [6.07, 6.45) is 1.86. The van der Waals surface area contributed by atoms with E-state index in [-0.39, 0.29) is 23.8 Å². The van der Waals surface area contributed by atoms with Crippen molar-refractivity contribution < 1.29 is 9.18 Å². The molecule has 1 fully saturated rings. The van der Waals surface area contributed by atoms with Gasteiger partial charge in [-0.15, -0.1) is 0 Å². The van der Waals surface area contributed by atoms with Crippen molar-refractivity contribution in [2.45, 2.75) is 38.8 Å². The van der Waals surface area contributed by atoms with Gasteiger partial charge in [-0.1, -0.05) is 12.1 Å². The van der Waals surface area contributed by atoms with Crippen LogP contribution in [0, 0.1) is 12.7 Å². The number of nitrogens with one attached hydrogen (secondary N) is 1. The Morgan fingerprint density at radius 2 is 2.21 bits per heavy atom. The van der Waals surface area contributed by atoms with Crippen molar-refractivity contribution >= 4 is 5.91 Å². The van der Waals surface area contributed by atoms with Crippen molar-refractivity contribution in [3.05, 3.63) is 35.1 Å². The van der Waals surface area contributed by atoms with E-state index in [0.717, 1.165) is 24.9 Å². The standard InChI is InChI=1S/C15H21FN2O/c1-10-6-7-12(9-13(10)16)11(2)18-8-4-5-14(17-3)15(18)19/h6-7,9,11,14,17H,4-5,8H2,1-3H3. The molecule has 104 valence electrons. The van der Waals surface area contributed by atoms with Gasteiger partial charge in [-0.3, -0.25) is 4.79 Å². The third kappa shape index (κ3) is 2.78. The second-order valence-corrected chi connectivity index (χ2v) is 5.20. The first-order valence-corrected chi connectivity index (χ1v) is 6.78. The van der Waals surface area contributed by atoms with Crippen LogP contribution in [0.2, 0.25) is 0 Å². The molecule has 0 radical (unpaired) electrons. The molecule has 0 saturated carbocycles. The third-order valence-electron chi connectivity index (χ3n) is 3.97. The van der Waals surface area contributed by atoms with E-state index < -0.39 is 0 Å². The first kappa shape index (κ1) is 14.0. The highest BCUT2D eigenvalue weighted by Gasteiger charge is 2.31. The number of nitrogens with zero attached hydrogens (tertiary/aromatic N) is 1. The number of halogens is 1. The number of hydrogen-bond acceptors (Lipinski definition) is 2. The highest BCUT2D eigenvalue weighted by atomic mass is 19.1. The molecule has 1 saturated heterocycles. The van der Waals surface area contributed by atoms with Crippen LogP contribution in [0.4, 0.5) is 4.39 Å². The molecule has 0 aromatic heterocycles. The van der Waals surface area contributed by atoms with E-state index in [0.29, 0.717) is 5.56 Å². The van der Waals surface area contributed by atoms with Gasteiger partial charge in [0.05, 0.1) is 12.1 Å². The second kappa shape index (κ2) is 5.70. The Morgan fingerprint density at radius 1 is 1.47 bits per heavy atom. The van der Waals surface area contributed by atoms with Crippen LogP contribution in [0.1, 0.15) is 36.9 Å². The molecule has 2 rings (SSSR count). The second-order valence-electron chi connectivity index (χ2n) is 5.20. The molecule has 1 aliphatic rings. The summed E-state index contributed by atoms with van der Waals surface area (Å²) in [6.45, 7) is 4.45. The summed E-state index contributed by atoms with van der Waals surface area (Å²) in [5.41, 5.74) is 1.49. The van der Waals surface area contributed by atoms with E-state index >= 15 is 0 Å². The van der Waals surface area contributed by atoms with Crippen molar-refractivity contribution in [1.82, 2.24) is 10.2 Å². The zero-order valence-corrected chi connectivity index (χ0v) is 11.7. The molecule has 1 aromatic carbocycles. The number of likely N-dealkylation sites (N-methyl/N-ethyl adjacent to an activating group) is 1. The largest absolute Gasteiger partial charge is 0.335 e. The van der Waals surface area contributed by atoms with Gasteiger partial charge in [-0.05, 0) is 50.9 Å². The average molecular weight is 264 g/mol. The maximum absolute atomic E-state index is 13.6. The van der Waals surface area contributed by atoms with Gasteiger partial charge in [0.2, 0.25) is 5.91 Å². The highest BCUT2D eigenvalue weighted by Crippen LogP contribution is 2.26. The van der Waals surface area contributed by atoms with Gasteiger partial charge >= 0.3 is 0 Å². The van der Waals surface area contributed by atoms with Crippen LogP contribution < -0.4 is 5.32 Å². The fourth-order valence-corrected chi connectivity index (χ4v) is 2.60. The van der Waals surface area contributed by atoms with E-state index in [4.69, 9.17) is 0 Å². The normalized spacial score (nSPS) is 21.6. The summed E-state index contributed by atoms with van der Waals surface area (Å²) in [7, 11) is 1.81. The zero-order valence-electron chi connectivity index (χ0n) is 11.7. The van der Waals surface area contributed by atoms with Gasteiger partial charge in [-0.2, -0.15) is 0 Å². The Morgan fingerprint density at radius 3 is 2.84 bits per heavy atom. The Balaban J connectivity index is 2.20. The van der Waals surface area contributed by atoms with Gasteiger partial charge in [0.15, 0.2) is 0 Å².